The van der Waals surface area contributed by atoms with Gasteiger partial charge in [0.15, 0.2) is 5.76 Å². The molecule has 0 radical (unpaired) electrons. The van der Waals surface area contributed by atoms with Crippen molar-refractivity contribution in [2.24, 2.45) is 0 Å². The molecule has 1 aromatic heterocycles. The number of ether oxygens (including phenoxy) is 1. The van der Waals surface area contributed by atoms with Crippen LogP contribution in [-0.4, -0.2) is 50.1 Å². The highest BCUT2D eigenvalue weighted by Crippen LogP contribution is 2.29. The summed E-state index contributed by atoms with van der Waals surface area (Å²) in [5.41, 5.74) is 2.47. The van der Waals surface area contributed by atoms with Crippen molar-refractivity contribution in [3.05, 3.63) is 83.9 Å². The molecular formula is C25H23N3O5S. The minimum atomic E-state index is -3.68. The molecule has 4 aromatic rings. The van der Waals surface area contributed by atoms with Gasteiger partial charge in [0.25, 0.3) is 5.91 Å². The summed E-state index contributed by atoms with van der Waals surface area (Å²) in [6.45, 7) is 1.44. The number of nitrogens with zero attached hydrogens (tertiary/aromatic N) is 2. The van der Waals surface area contributed by atoms with Crippen LogP contribution in [0.15, 0.2) is 82.2 Å². The number of aromatic nitrogens is 1. The quantitative estimate of drug-likeness (QED) is 0.457. The number of sulfonamides is 1. The van der Waals surface area contributed by atoms with E-state index in [1.54, 1.807) is 42.5 Å². The van der Waals surface area contributed by atoms with E-state index in [2.05, 4.69) is 10.5 Å². The number of hydrogen-bond donors (Lipinski definition) is 1. The van der Waals surface area contributed by atoms with Gasteiger partial charge in [0.05, 0.1) is 23.5 Å². The Bertz CT molecular complexity index is 1430. The van der Waals surface area contributed by atoms with Gasteiger partial charge in [0, 0.05) is 30.8 Å². The third kappa shape index (κ3) is 4.33. The standard InChI is InChI=1S/C25H23N3O5S/c29-25(19-10-11-22-21(16-19)24(33-27-22)18-6-2-1-3-7-18)26-17-20-8-4-5-9-23(20)34(30,31)28-12-14-32-15-13-28/h1-11,16H,12-15,17H2,(H,26,29). The normalized spacial score (nSPS) is 14.8. The minimum absolute atomic E-state index is 0.0752. The highest BCUT2D eigenvalue weighted by Gasteiger charge is 2.28. The van der Waals surface area contributed by atoms with Crippen molar-refractivity contribution in [3.8, 4) is 11.3 Å². The molecule has 2 heterocycles. The summed E-state index contributed by atoms with van der Waals surface area (Å²) in [5, 5.41) is 7.66. The lowest BCUT2D eigenvalue weighted by Crippen LogP contribution is -2.41. The highest BCUT2D eigenvalue weighted by atomic mass is 32.2. The molecule has 174 valence electrons. The molecule has 0 atom stereocenters. The van der Waals surface area contributed by atoms with E-state index in [0.717, 1.165) is 10.9 Å². The molecule has 1 N–H and O–H groups in total. The van der Waals surface area contributed by atoms with Gasteiger partial charge in [0.1, 0.15) is 5.52 Å². The number of morpholine rings is 1. The first-order valence-corrected chi connectivity index (χ1v) is 12.4. The Morgan fingerprint density at radius 1 is 0.971 bits per heavy atom. The lowest BCUT2D eigenvalue weighted by molar-refractivity contribution is 0.0730. The van der Waals surface area contributed by atoms with E-state index < -0.39 is 10.0 Å². The van der Waals surface area contributed by atoms with Crippen LogP contribution in [-0.2, 0) is 21.3 Å². The Balaban J connectivity index is 1.37. The van der Waals surface area contributed by atoms with E-state index in [1.807, 2.05) is 30.3 Å². The zero-order valence-corrected chi connectivity index (χ0v) is 19.1. The fourth-order valence-electron chi connectivity index (χ4n) is 3.99. The average molecular weight is 478 g/mol. The van der Waals surface area contributed by atoms with E-state index in [0.29, 0.717) is 48.7 Å². The summed E-state index contributed by atoms with van der Waals surface area (Å²) >= 11 is 0. The lowest BCUT2D eigenvalue weighted by atomic mass is 10.1. The molecule has 1 fully saturated rings. The Labute approximate surface area is 197 Å². The second kappa shape index (κ2) is 9.38. The molecule has 0 aliphatic carbocycles. The maximum absolute atomic E-state index is 13.2. The molecule has 9 heteroatoms. The van der Waals surface area contributed by atoms with E-state index in [9.17, 15) is 13.2 Å². The van der Waals surface area contributed by atoms with Crippen molar-refractivity contribution < 1.29 is 22.5 Å². The number of amides is 1. The molecule has 1 saturated heterocycles. The second-order valence-corrected chi connectivity index (χ2v) is 9.82. The Morgan fingerprint density at radius 3 is 2.50 bits per heavy atom. The first-order valence-electron chi connectivity index (χ1n) is 10.9. The molecule has 3 aromatic carbocycles. The zero-order chi connectivity index (χ0) is 23.5. The molecule has 1 aliphatic rings. The maximum atomic E-state index is 13.2. The molecular weight excluding hydrogens is 454 g/mol. The lowest BCUT2D eigenvalue weighted by Gasteiger charge is -2.27. The smallest absolute Gasteiger partial charge is 0.251 e. The maximum Gasteiger partial charge on any atom is 0.251 e. The SMILES string of the molecule is O=C(NCc1ccccc1S(=O)(=O)N1CCOCC1)c1ccc2noc(-c3ccccc3)c2c1. The summed E-state index contributed by atoms with van der Waals surface area (Å²) in [4.78, 5) is 13.1. The van der Waals surface area contributed by atoms with Crippen molar-refractivity contribution in [2.75, 3.05) is 26.3 Å². The van der Waals surface area contributed by atoms with Crippen LogP contribution < -0.4 is 5.32 Å². The zero-order valence-electron chi connectivity index (χ0n) is 18.3. The van der Waals surface area contributed by atoms with Gasteiger partial charge in [-0.05, 0) is 29.8 Å². The topological polar surface area (TPSA) is 102 Å². The van der Waals surface area contributed by atoms with Crippen LogP contribution in [0.25, 0.3) is 22.2 Å². The van der Waals surface area contributed by atoms with Gasteiger partial charge >= 0.3 is 0 Å². The van der Waals surface area contributed by atoms with Crippen molar-refractivity contribution in [3.63, 3.8) is 0 Å². The number of carbonyl (C=O) groups is 1. The number of nitrogens with one attached hydrogen (secondary N) is 1. The molecule has 1 amide bonds. The molecule has 34 heavy (non-hydrogen) atoms. The highest BCUT2D eigenvalue weighted by molar-refractivity contribution is 7.89. The number of rotatable bonds is 6. The third-order valence-corrected chi connectivity index (χ3v) is 7.77. The van der Waals surface area contributed by atoms with Crippen molar-refractivity contribution in [1.82, 2.24) is 14.8 Å². The van der Waals surface area contributed by atoms with E-state index in [1.165, 1.54) is 4.31 Å². The Hall–Kier alpha value is -3.53. The second-order valence-electron chi connectivity index (χ2n) is 7.92. The summed E-state index contributed by atoms with van der Waals surface area (Å²) in [6.07, 6.45) is 0. The van der Waals surface area contributed by atoms with Crippen molar-refractivity contribution in [1.29, 1.82) is 0 Å². The van der Waals surface area contributed by atoms with Gasteiger partial charge < -0.3 is 14.6 Å². The fourth-order valence-corrected chi connectivity index (χ4v) is 5.62. The molecule has 8 nitrogen and oxygen atoms in total. The van der Waals surface area contributed by atoms with Crippen LogP contribution in [0.4, 0.5) is 0 Å². The molecule has 5 rings (SSSR count). The molecule has 0 spiro atoms. The van der Waals surface area contributed by atoms with Crippen LogP contribution in [0.5, 0.6) is 0 Å². The van der Waals surface area contributed by atoms with Gasteiger partial charge in [-0.1, -0.05) is 53.7 Å². The molecule has 0 bridgehead atoms. The van der Waals surface area contributed by atoms with E-state index in [-0.39, 0.29) is 17.3 Å². The van der Waals surface area contributed by atoms with Gasteiger partial charge in [-0.2, -0.15) is 4.31 Å². The van der Waals surface area contributed by atoms with Gasteiger partial charge in [-0.3, -0.25) is 4.79 Å². The monoisotopic (exact) mass is 477 g/mol. The summed E-state index contributed by atoms with van der Waals surface area (Å²) < 4.78 is 38.5. The number of fused-ring (bicyclic) bond motifs is 1. The van der Waals surface area contributed by atoms with Gasteiger partial charge in [0.2, 0.25) is 10.0 Å². The molecule has 0 unspecified atom stereocenters. The number of benzene rings is 3. The largest absolute Gasteiger partial charge is 0.379 e. The van der Waals surface area contributed by atoms with Gasteiger partial charge in [-0.25, -0.2) is 8.42 Å². The Kier molecular flexibility index (Phi) is 6.14. The van der Waals surface area contributed by atoms with E-state index >= 15 is 0 Å². The van der Waals surface area contributed by atoms with Crippen LogP contribution in [0, 0.1) is 0 Å². The van der Waals surface area contributed by atoms with E-state index in [4.69, 9.17) is 9.26 Å². The van der Waals surface area contributed by atoms with Crippen LogP contribution in [0.2, 0.25) is 0 Å². The van der Waals surface area contributed by atoms with Crippen molar-refractivity contribution >= 4 is 26.8 Å². The number of carbonyl (C=O) groups excluding carboxylic acids is 1. The third-order valence-electron chi connectivity index (χ3n) is 5.77. The molecule has 1 aliphatic heterocycles. The predicted octanol–water partition coefficient (Wildman–Crippen LogP) is 3.45. The first kappa shape index (κ1) is 22.3. The Morgan fingerprint density at radius 2 is 1.71 bits per heavy atom. The summed E-state index contributed by atoms with van der Waals surface area (Å²) in [7, 11) is -3.68. The first-order chi connectivity index (χ1) is 16.5. The van der Waals surface area contributed by atoms with Crippen LogP contribution >= 0.6 is 0 Å². The van der Waals surface area contributed by atoms with Crippen LogP contribution in [0.3, 0.4) is 0 Å². The summed E-state index contributed by atoms with van der Waals surface area (Å²) in [6, 6.07) is 21.4. The van der Waals surface area contributed by atoms with Crippen LogP contribution in [0.1, 0.15) is 15.9 Å². The minimum Gasteiger partial charge on any atom is -0.379 e. The number of hydrogen-bond acceptors (Lipinski definition) is 6. The average Bonchev–Trinajstić information content (AvgIpc) is 3.32. The summed E-state index contributed by atoms with van der Waals surface area (Å²) in [5.74, 6) is 0.271. The van der Waals surface area contributed by atoms with Crippen molar-refractivity contribution in [2.45, 2.75) is 11.4 Å². The molecule has 0 saturated carbocycles. The fraction of sp³-hybridized carbons (Fsp3) is 0.200. The predicted molar refractivity (Wildman–Crippen MR) is 127 cm³/mol. The van der Waals surface area contributed by atoms with Gasteiger partial charge in [-0.15, -0.1) is 0 Å².